The number of nitrogens with one attached hydrogen (secondary N) is 3. The molecule has 0 fully saturated rings. The fourth-order valence-electron chi connectivity index (χ4n) is 1.52. The standard InChI is InChI=1S/C13H19BrFN3S/c1-3-4-5-8-16-18-13(19)17-12-10(14)7-6-9(2)11(12)15/h6-7,16H,3-5,8H2,1-2H3,(H2,17,18,19). The zero-order chi connectivity index (χ0) is 14.3. The van der Waals surface area contributed by atoms with Crippen LogP contribution >= 0.6 is 28.1 Å². The molecule has 3 nitrogen and oxygen atoms in total. The van der Waals surface area contributed by atoms with Crippen molar-refractivity contribution in [3.8, 4) is 0 Å². The fraction of sp³-hybridized carbons (Fsp3) is 0.462. The van der Waals surface area contributed by atoms with Crippen LogP contribution in [-0.4, -0.2) is 11.7 Å². The molecule has 0 unspecified atom stereocenters. The Morgan fingerprint density at radius 2 is 2.11 bits per heavy atom. The molecular formula is C13H19BrFN3S. The van der Waals surface area contributed by atoms with Crippen LogP contribution in [0.25, 0.3) is 0 Å². The molecule has 19 heavy (non-hydrogen) atoms. The minimum atomic E-state index is -0.301. The lowest BCUT2D eigenvalue weighted by molar-refractivity contribution is 0.594. The van der Waals surface area contributed by atoms with Crippen LogP contribution < -0.4 is 16.2 Å². The Kier molecular flexibility index (Phi) is 7.27. The van der Waals surface area contributed by atoms with Crippen LogP contribution in [0.3, 0.4) is 0 Å². The maximum atomic E-state index is 13.9. The van der Waals surface area contributed by atoms with Gasteiger partial charge in [-0.1, -0.05) is 25.8 Å². The van der Waals surface area contributed by atoms with Crippen molar-refractivity contribution < 1.29 is 4.39 Å². The highest BCUT2D eigenvalue weighted by Gasteiger charge is 2.10. The molecule has 106 valence electrons. The van der Waals surface area contributed by atoms with Crippen LogP contribution in [0.1, 0.15) is 31.7 Å². The predicted molar refractivity (Wildman–Crippen MR) is 85.7 cm³/mol. The average Bonchev–Trinajstić information content (AvgIpc) is 2.39. The molecule has 0 spiro atoms. The Balaban J connectivity index is 2.47. The largest absolute Gasteiger partial charge is 0.328 e. The Labute approximate surface area is 127 Å². The van der Waals surface area contributed by atoms with Gasteiger partial charge in [-0.3, -0.25) is 5.43 Å². The molecule has 0 amide bonds. The second-order valence-corrected chi connectivity index (χ2v) is 5.53. The molecule has 1 rings (SSSR count). The molecule has 0 aliphatic heterocycles. The van der Waals surface area contributed by atoms with Crippen molar-refractivity contribution >= 4 is 38.9 Å². The van der Waals surface area contributed by atoms with Gasteiger partial charge in [0.05, 0.1) is 5.69 Å². The van der Waals surface area contributed by atoms with Gasteiger partial charge in [-0.25, -0.2) is 9.82 Å². The van der Waals surface area contributed by atoms with Gasteiger partial charge in [0.25, 0.3) is 0 Å². The molecule has 1 aromatic carbocycles. The third kappa shape index (κ3) is 5.42. The summed E-state index contributed by atoms with van der Waals surface area (Å²) >= 11 is 8.41. The third-order valence-electron chi connectivity index (χ3n) is 2.63. The topological polar surface area (TPSA) is 36.1 Å². The van der Waals surface area contributed by atoms with Crippen molar-refractivity contribution in [3.05, 3.63) is 28.0 Å². The molecule has 0 atom stereocenters. The average molecular weight is 348 g/mol. The number of anilines is 1. The molecule has 0 heterocycles. The highest BCUT2D eigenvalue weighted by Crippen LogP contribution is 2.27. The van der Waals surface area contributed by atoms with Crippen molar-refractivity contribution in [1.29, 1.82) is 0 Å². The first-order valence-electron chi connectivity index (χ1n) is 6.30. The van der Waals surface area contributed by atoms with E-state index in [0.717, 1.165) is 13.0 Å². The summed E-state index contributed by atoms with van der Waals surface area (Å²) in [6.07, 6.45) is 3.42. The predicted octanol–water partition coefficient (Wildman–Crippen LogP) is 3.88. The van der Waals surface area contributed by atoms with Gasteiger partial charge in [-0.05, 0) is 53.1 Å². The van der Waals surface area contributed by atoms with Crippen LogP contribution in [0.5, 0.6) is 0 Å². The van der Waals surface area contributed by atoms with Crippen LogP contribution in [-0.2, 0) is 0 Å². The molecule has 0 aliphatic rings. The molecule has 0 aliphatic carbocycles. The quantitative estimate of drug-likeness (QED) is 0.414. The van der Waals surface area contributed by atoms with Gasteiger partial charge in [0, 0.05) is 11.0 Å². The van der Waals surface area contributed by atoms with E-state index in [1.165, 1.54) is 12.8 Å². The van der Waals surface area contributed by atoms with E-state index < -0.39 is 0 Å². The number of rotatable bonds is 6. The minimum Gasteiger partial charge on any atom is -0.328 e. The lowest BCUT2D eigenvalue weighted by atomic mass is 10.2. The lowest BCUT2D eigenvalue weighted by Gasteiger charge is -2.14. The molecule has 1 aromatic rings. The van der Waals surface area contributed by atoms with E-state index in [9.17, 15) is 4.39 Å². The zero-order valence-corrected chi connectivity index (χ0v) is 13.5. The highest BCUT2D eigenvalue weighted by atomic mass is 79.9. The summed E-state index contributed by atoms with van der Waals surface area (Å²) in [7, 11) is 0. The van der Waals surface area contributed by atoms with Gasteiger partial charge < -0.3 is 5.32 Å². The van der Waals surface area contributed by atoms with Crippen molar-refractivity contribution in [2.75, 3.05) is 11.9 Å². The summed E-state index contributed by atoms with van der Waals surface area (Å²) in [6, 6.07) is 3.50. The Bertz CT molecular complexity index is 440. The number of hydrogen-bond acceptors (Lipinski definition) is 2. The normalized spacial score (nSPS) is 10.3. The van der Waals surface area contributed by atoms with Gasteiger partial charge in [0.1, 0.15) is 0 Å². The Hall–Kier alpha value is -0.720. The maximum Gasteiger partial charge on any atom is 0.185 e. The minimum absolute atomic E-state index is 0.301. The first kappa shape index (κ1) is 16.3. The molecule has 0 radical (unpaired) electrons. The molecule has 6 heteroatoms. The Morgan fingerprint density at radius 3 is 2.79 bits per heavy atom. The summed E-state index contributed by atoms with van der Waals surface area (Å²) in [5, 5.41) is 3.19. The SMILES string of the molecule is CCCCCNNC(=S)Nc1c(Br)ccc(C)c1F. The van der Waals surface area contributed by atoms with Crippen molar-refractivity contribution in [2.24, 2.45) is 0 Å². The number of hydrogen-bond donors (Lipinski definition) is 3. The molecule has 3 N–H and O–H groups in total. The van der Waals surface area contributed by atoms with E-state index in [-0.39, 0.29) is 5.82 Å². The van der Waals surface area contributed by atoms with Crippen LogP contribution in [0.15, 0.2) is 16.6 Å². The van der Waals surface area contributed by atoms with Crippen molar-refractivity contribution in [2.45, 2.75) is 33.1 Å². The summed E-state index contributed by atoms with van der Waals surface area (Å²) in [5.41, 5.74) is 6.78. The van der Waals surface area contributed by atoms with Gasteiger partial charge in [-0.15, -0.1) is 0 Å². The third-order valence-corrected chi connectivity index (χ3v) is 3.49. The monoisotopic (exact) mass is 347 g/mol. The highest BCUT2D eigenvalue weighted by molar-refractivity contribution is 9.10. The van der Waals surface area contributed by atoms with Gasteiger partial charge in [0.15, 0.2) is 10.9 Å². The second kappa shape index (κ2) is 8.45. The molecule has 0 saturated carbocycles. The summed E-state index contributed by atoms with van der Waals surface area (Å²) in [4.78, 5) is 0. The number of halogens is 2. The molecule has 0 aromatic heterocycles. The van der Waals surface area contributed by atoms with Gasteiger partial charge in [-0.2, -0.15) is 0 Å². The van der Waals surface area contributed by atoms with Crippen LogP contribution in [0.4, 0.5) is 10.1 Å². The van der Waals surface area contributed by atoms with E-state index in [1.807, 2.05) is 0 Å². The number of hydrazine groups is 1. The summed E-state index contributed by atoms with van der Waals surface area (Å²) in [6.45, 7) is 4.69. The van der Waals surface area contributed by atoms with E-state index in [4.69, 9.17) is 12.2 Å². The first-order chi connectivity index (χ1) is 9.06. The fourth-order valence-corrected chi connectivity index (χ4v) is 2.10. The number of aryl methyl sites for hydroxylation is 1. The Morgan fingerprint density at radius 1 is 1.37 bits per heavy atom. The van der Waals surface area contributed by atoms with Gasteiger partial charge in [0.2, 0.25) is 0 Å². The first-order valence-corrected chi connectivity index (χ1v) is 7.50. The number of benzene rings is 1. The maximum absolute atomic E-state index is 13.9. The van der Waals surface area contributed by atoms with Crippen LogP contribution in [0.2, 0.25) is 0 Å². The van der Waals surface area contributed by atoms with E-state index in [2.05, 4.69) is 39.0 Å². The molecule has 0 bridgehead atoms. The smallest absolute Gasteiger partial charge is 0.185 e. The van der Waals surface area contributed by atoms with Gasteiger partial charge >= 0.3 is 0 Å². The van der Waals surface area contributed by atoms with Crippen molar-refractivity contribution in [1.82, 2.24) is 10.9 Å². The van der Waals surface area contributed by atoms with E-state index in [1.54, 1.807) is 19.1 Å². The molecule has 0 saturated heterocycles. The zero-order valence-electron chi connectivity index (χ0n) is 11.1. The van der Waals surface area contributed by atoms with Crippen LogP contribution in [0, 0.1) is 12.7 Å². The summed E-state index contributed by atoms with van der Waals surface area (Å²) < 4.78 is 14.6. The second-order valence-electron chi connectivity index (χ2n) is 4.27. The molecular weight excluding hydrogens is 329 g/mol. The lowest BCUT2D eigenvalue weighted by Crippen LogP contribution is -2.40. The summed E-state index contributed by atoms with van der Waals surface area (Å²) in [5.74, 6) is -0.301. The number of unbranched alkanes of at least 4 members (excludes halogenated alkanes) is 2. The number of thiocarbonyl (C=S) groups is 1. The van der Waals surface area contributed by atoms with E-state index in [0.29, 0.717) is 20.8 Å². The van der Waals surface area contributed by atoms with Crippen molar-refractivity contribution in [3.63, 3.8) is 0 Å². The van der Waals surface area contributed by atoms with E-state index >= 15 is 0 Å².